The number of para-hydroxylation sites is 1. The van der Waals surface area contributed by atoms with Crippen LogP contribution in [0.4, 0.5) is 0 Å². The number of hydrogen-bond acceptors (Lipinski definition) is 3. The number of guanidine groups is 1. The second-order valence-corrected chi connectivity index (χ2v) is 7.50. The number of rotatable bonds is 7. The lowest BCUT2D eigenvalue weighted by molar-refractivity contribution is 0.129. The van der Waals surface area contributed by atoms with E-state index in [1.807, 2.05) is 30.6 Å². The molecule has 0 aliphatic heterocycles. The zero-order valence-electron chi connectivity index (χ0n) is 17.6. The molecule has 28 heavy (non-hydrogen) atoms. The first-order valence-corrected chi connectivity index (χ1v) is 9.57. The van der Waals surface area contributed by atoms with Gasteiger partial charge < -0.3 is 15.4 Å². The van der Waals surface area contributed by atoms with E-state index in [4.69, 9.17) is 9.73 Å². The Bertz CT molecular complexity index is 756. The van der Waals surface area contributed by atoms with Crippen LogP contribution in [0.15, 0.2) is 47.7 Å². The topological polar surface area (TPSA) is 58.5 Å². The molecular weight excluding hydrogens is 463 g/mol. The van der Waals surface area contributed by atoms with Crippen LogP contribution in [0.1, 0.15) is 44.4 Å². The summed E-state index contributed by atoms with van der Waals surface area (Å²) < 4.78 is 6.06. The van der Waals surface area contributed by atoms with E-state index < -0.39 is 0 Å². The normalized spacial score (nSPS) is 11.5. The van der Waals surface area contributed by atoms with Gasteiger partial charge in [-0.05, 0) is 64.3 Å². The van der Waals surface area contributed by atoms with E-state index >= 15 is 0 Å². The van der Waals surface area contributed by atoms with Gasteiger partial charge in [-0.2, -0.15) is 0 Å². The third kappa shape index (κ3) is 8.46. The van der Waals surface area contributed by atoms with Crippen molar-refractivity contribution >= 4 is 29.9 Å². The van der Waals surface area contributed by atoms with Crippen LogP contribution in [0.5, 0.6) is 5.75 Å². The SMILES string of the molecule is CCNC(=NCc1ccccc1OC(C)(C)C)NCCc1ccncc1C.I. The van der Waals surface area contributed by atoms with Crippen molar-refractivity contribution in [2.75, 3.05) is 13.1 Å². The lowest BCUT2D eigenvalue weighted by Crippen LogP contribution is -2.38. The number of nitrogens with one attached hydrogen (secondary N) is 2. The van der Waals surface area contributed by atoms with E-state index in [0.29, 0.717) is 6.54 Å². The molecule has 0 atom stereocenters. The van der Waals surface area contributed by atoms with E-state index in [1.165, 1.54) is 11.1 Å². The Hall–Kier alpha value is -1.83. The van der Waals surface area contributed by atoms with Gasteiger partial charge in [0.2, 0.25) is 0 Å². The van der Waals surface area contributed by atoms with Gasteiger partial charge in [-0.15, -0.1) is 24.0 Å². The standard InChI is InChI=1S/C22H32N4O.HI/c1-6-24-21(25-14-12-18-11-13-23-15-17(18)2)26-16-19-9-7-8-10-20(19)27-22(3,4)5;/h7-11,13,15H,6,12,14,16H2,1-5H3,(H2,24,25,26);1H. The molecule has 2 N–H and O–H groups in total. The molecule has 154 valence electrons. The van der Waals surface area contributed by atoms with Gasteiger partial charge in [0, 0.05) is 31.0 Å². The average molecular weight is 496 g/mol. The van der Waals surface area contributed by atoms with Crippen LogP contribution in [-0.2, 0) is 13.0 Å². The van der Waals surface area contributed by atoms with Crippen molar-refractivity contribution in [3.63, 3.8) is 0 Å². The second-order valence-electron chi connectivity index (χ2n) is 7.50. The van der Waals surface area contributed by atoms with E-state index in [0.717, 1.165) is 36.8 Å². The molecule has 0 aliphatic rings. The molecule has 0 fully saturated rings. The predicted octanol–water partition coefficient (Wildman–Crippen LogP) is 4.48. The molecule has 1 aromatic heterocycles. The van der Waals surface area contributed by atoms with Gasteiger partial charge in [0.25, 0.3) is 0 Å². The summed E-state index contributed by atoms with van der Waals surface area (Å²) in [5, 5.41) is 6.72. The largest absolute Gasteiger partial charge is 0.488 e. The smallest absolute Gasteiger partial charge is 0.191 e. The number of ether oxygens (including phenoxy) is 1. The van der Waals surface area contributed by atoms with E-state index in [2.05, 4.69) is 62.4 Å². The van der Waals surface area contributed by atoms with Crippen LogP contribution in [0, 0.1) is 6.92 Å². The molecule has 2 rings (SSSR count). The molecule has 0 bridgehead atoms. The highest BCUT2D eigenvalue weighted by Crippen LogP contribution is 2.23. The number of hydrogen-bond donors (Lipinski definition) is 2. The number of pyridine rings is 1. The molecule has 1 heterocycles. The highest BCUT2D eigenvalue weighted by atomic mass is 127. The van der Waals surface area contributed by atoms with Crippen molar-refractivity contribution in [2.45, 2.75) is 53.2 Å². The van der Waals surface area contributed by atoms with E-state index in [9.17, 15) is 0 Å². The number of nitrogens with zero attached hydrogens (tertiary/aromatic N) is 2. The first-order chi connectivity index (χ1) is 12.9. The van der Waals surface area contributed by atoms with Crippen molar-refractivity contribution in [1.29, 1.82) is 0 Å². The van der Waals surface area contributed by atoms with Gasteiger partial charge >= 0.3 is 0 Å². The highest BCUT2D eigenvalue weighted by molar-refractivity contribution is 14.0. The molecule has 2 aromatic rings. The van der Waals surface area contributed by atoms with Crippen LogP contribution >= 0.6 is 24.0 Å². The monoisotopic (exact) mass is 496 g/mol. The third-order valence-electron chi connectivity index (χ3n) is 3.96. The fraction of sp³-hybridized carbons (Fsp3) is 0.455. The lowest BCUT2D eigenvalue weighted by Gasteiger charge is -2.23. The zero-order valence-corrected chi connectivity index (χ0v) is 19.9. The predicted molar refractivity (Wildman–Crippen MR) is 128 cm³/mol. The van der Waals surface area contributed by atoms with Crippen LogP contribution in [0.2, 0.25) is 0 Å². The third-order valence-corrected chi connectivity index (χ3v) is 3.96. The summed E-state index contributed by atoms with van der Waals surface area (Å²) in [6.07, 6.45) is 4.68. The van der Waals surface area contributed by atoms with Crippen LogP contribution < -0.4 is 15.4 Å². The van der Waals surface area contributed by atoms with Gasteiger partial charge in [0.05, 0.1) is 6.54 Å². The quantitative estimate of drug-likeness (QED) is 0.337. The number of aliphatic imine (C=N–C) groups is 1. The Kier molecular flexibility index (Phi) is 10.3. The molecule has 6 heteroatoms. The second kappa shape index (κ2) is 11.9. The van der Waals surface area contributed by atoms with Gasteiger partial charge in [0.15, 0.2) is 5.96 Å². The summed E-state index contributed by atoms with van der Waals surface area (Å²) in [5.41, 5.74) is 3.37. The highest BCUT2D eigenvalue weighted by Gasteiger charge is 2.14. The van der Waals surface area contributed by atoms with Crippen molar-refractivity contribution in [2.24, 2.45) is 4.99 Å². The van der Waals surface area contributed by atoms with Gasteiger partial charge in [0.1, 0.15) is 11.4 Å². The Morgan fingerprint density at radius 2 is 1.86 bits per heavy atom. The van der Waals surface area contributed by atoms with Crippen molar-refractivity contribution < 1.29 is 4.74 Å². The summed E-state index contributed by atoms with van der Waals surface area (Å²) in [5.74, 6) is 1.70. The zero-order chi connectivity index (χ0) is 19.7. The molecule has 0 spiro atoms. The molecule has 0 unspecified atom stereocenters. The fourth-order valence-electron chi connectivity index (χ4n) is 2.67. The maximum absolute atomic E-state index is 6.06. The first-order valence-electron chi connectivity index (χ1n) is 9.57. The molecular formula is C22H33IN4O. The summed E-state index contributed by atoms with van der Waals surface area (Å²) in [4.78, 5) is 8.88. The Morgan fingerprint density at radius 1 is 1.11 bits per heavy atom. The number of aryl methyl sites for hydroxylation is 1. The maximum atomic E-state index is 6.06. The van der Waals surface area contributed by atoms with E-state index in [-0.39, 0.29) is 29.6 Å². The summed E-state index contributed by atoms with van der Waals surface area (Å²) >= 11 is 0. The number of benzene rings is 1. The van der Waals surface area contributed by atoms with Crippen LogP contribution in [-0.4, -0.2) is 29.6 Å². The molecule has 0 amide bonds. The summed E-state index contributed by atoms with van der Waals surface area (Å²) in [7, 11) is 0. The molecule has 1 aromatic carbocycles. The summed E-state index contributed by atoms with van der Waals surface area (Å²) in [6.45, 7) is 12.5. The minimum Gasteiger partial charge on any atom is -0.488 e. The molecule has 0 aliphatic carbocycles. The fourth-order valence-corrected chi connectivity index (χ4v) is 2.67. The lowest BCUT2D eigenvalue weighted by atomic mass is 10.1. The maximum Gasteiger partial charge on any atom is 0.191 e. The van der Waals surface area contributed by atoms with Crippen LogP contribution in [0.25, 0.3) is 0 Å². The van der Waals surface area contributed by atoms with E-state index in [1.54, 1.807) is 0 Å². The van der Waals surface area contributed by atoms with Crippen molar-refractivity contribution in [3.8, 4) is 5.75 Å². The van der Waals surface area contributed by atoms with Crippen LogP contribution in [0.3, 0.4) is 0 Å². The van der Waals surface area contributed by atoms with Gasteiger partial charge in [-0.3, -0.25) is 4.98 Å². The molecule has 0 saturated heterocycles. The minimum absolute atomic E-state index is 0. The summed E-state index contributed by atoms with van der Waals surface area (Å²) in [6, 6.07) is 10.2. The molecule has 5 nitrogen and oxygen atoms in total. The first kappa shape index (κ1) is 24.2. The average Bonchev–Trinajstić information content (AvgIpc) is 2.61. The van der Waals surface area contributed by atoms with Crippen molar-refractivity contribution in [3.05, 3.63) is 59.4 Å². The minimum atomic E-state index is -0.231. The Balaban J connectivity index is 0.00000392. The molecule has 0 radical (unpaired) electrons. The number of halogens is 1. The van der Waals surface area contributed by atoms with Crippen molar-refractivity contribution in [1.82, 2.24) is 15.6 Å². The Labute approximate surface area is 186 Å². The van der Waals surface area contributed by atoms with Gasteiger partial charge in [-0.1, -0.05) is 18.2 Å². The number of aromatic nitrogens is 1. The molecule has 0 saturated carbocycles. The Morgan fingerprint density at radius 3 is 2.54 bits per heavy atom. The van der Waals surface area contributed by atoms with Gasteiger partial charge in [-0.25, -0.2) is 4.99 Å².